The monoisotopic (exact) mass is 411 g/mol. The summed E-state index contributed by atoms with van der Waals surface area (Å²) >= 11 is 0. The zero-order valence-corrected chi connectivity index (χ0v) is 22.3. The molecule has 0 unspecified atom stereocenters. The highest BCUT2D eigenvalue weighted by atomic mass is 15.3. The SMILES string of the molecule is CC.CC.CCCN1CCN(C(C)(C)CC(C)(C)C2CCN(C(C)C)CC2)CC1. The molecule has 0 bridgehead atoms. The number of rotatable bonds is 7. The van der Waals surface area contributed by atoms with Gasteiger partial charge in [0.15, 0.2) is 0 Å². The highest BCUT2D eigenvalue weighted by molar-refractivity contribution is 4.94. The number of likely N-dealkylation sites (tertiary alicyclic amines) is 1. The van der Waals surface area contributed by atoms with Gasteiger partial charge in [-0.25, -0.2) is 0 Å². The van der Waals surface area contributed by atoms with E-state index < -0.39 is 0 Å². The minimum Gasteiger partial charge on any atom is -0.301 e. The average Bonchev–Trinajstić information content (AvgIpc) is 2.71. The predicted molar refractivity (Wildman–Crippen MR) is 133 cm³/mol. The Hall–Kier alpha value is -0.120. The zero-order chi connectivity index (χ0) is 22.7. The number of nitrogens with zero attached hydrogens (tertiary/aromatic N) is 3. The van der Waals surface area contributed by atoms with Crippen LogP contribution in [0.1, 0.15) is 102 Å². The lowest BCUT2D eigenvalue weighted by atomic mass is 9.67. The van der Waals surface area contributed by atoms with Crippen molar-refractivity contribution in [2.24, 2.45) is 11.3 Å². The summed E-state index contributed by atoms with van der Waals surface area (Å²) in [4.78, 5) is 8.06. The molecule has 29 heavy (non-hydrogen) atoms. The predicted octanol–water partition coefficient (Wildman–Crippen LogP) is 6.38. The molecule has 0 aromatic carbocycles. The summed E-state index contributed by atoms with van der Waals surface area (Å²) in [6.45, 7) is 33.9. The van der Waals surface area contributed by atoms with Crippen LogP contribution in [0.3, 0.4) is 0 Å². The van der Waals surface area contributed by atoms with E-state index in [9.17, 15) is 0 Å². The van der Waals surface area contributed by atoms with Gasteiger partial charge in [0.2, 0.25) is 0 Å². The second-order valence-electron chi connectivity index (χ2n) is 10.2. The molecule has 2 rings (SSSR count). The molecule has 3 heteroatoms. The van der Waals surface area contributed by atoms with Gasteiger partial charge in [-0.15, -0.1) is 0 Å². The van der Waals surface area contributed by atoms with Gasteiger partial charge in [0.1, 0.15) is 0 Å². The Balaban J connectivity index is 0.00000184. The summed E-state index contributed by atoms with van der Waals surface area (Å²) in [7, 11) is 0. The summed E-state index contributed by atoms with van der Waals surface area (Å²) in [6.07, 6.45) is 5.36. The average molecular weight is 412 g/mol. The Morgan fingerprint density at radius 3 is 1.69 bits per heavy atom. The molecule has 0 aliphatic carbocycles. The molecule has 0 amide bonds. The van der Waals surface area contributed by atoms with E-state index >= 15 is 0 Å². The van der Waals surface area contributed by atoms with E-state index in [1.165, 1.54) is 71.5 Å². The van der Waals surface area contributed by atoms with Crippen molar-refractivity contribution in [3.8, 4) is 0 Å². The van der Waals surface area contributed by atoms with Crippen molar-refractivity contribution in [3.63, 3.8) is 0 Å². The van der Waals surface area contributed by atoms with Crippen molar-refractivity contribution in [2.45, 2.75) is 113 Å². The van der Waals surface area contributed by atoms with Crippen LogP contribution < -0.4 is 0 Å². The lowest BCUT2D eigenvalue weighted by Gasteiger charge is -2.50. The van der Waals surface area contributed by atoms with Crippen LogP contribution in [0.15, 0.2) is 0 Å². The van der Waals surface area contributed by atoms with Crippen molar-refractivity contribution < 1.29 is 0 Å². The molecule has 0 atom stereocenters. The minimum absolute atomic E-state index is 0.316. The fourth-order valence-corrected chi connectivity index (χ4v) is 5.46. The quantitative estimate of drug-likeness (QED) is 0.481. The molecule has 0 spiro atoms. The fourth-order valence-electron chi connectivity index (χ4n) is 5.46. The first-order chi connectivity index (χ1) is 13.7. The number of hydrogen-bond acceptors (Lipinski definition) is 3. The molecule has 0 N–H and O–H groups in total. The number of piperidine rings is 1. The maximum atomic E-state index is 2.77. The zero-order valence-electron chi connectivity index (χ0n) is 22.3. The first-order valence-electron chi connectivity index (χ1n) is 12.9. The van der Waals surface area contributed by atoms with E-state index in [4.69, 9.17) is 0 Å². The van der Waals surface area contributed by atoms with Crippen LogP contribution in [-0.4, -0.2) is 72.1 Å². The molecule has 0 radical (unpaired) electrons. The van der Waals surface area contributed by atoms with E-state index in [1.807, 2.05) is 27.7 Å². The van der Waals surface area contributed by atoms with Crippen molar-refractivity contribution in [1.82, 2.24) is 14.7 Å². The van der Waals surface area contributed by atoms with Gasteiger partial charge in [0.25, 0.3) is 0 Å². The van der Waals surface area contributed by atoms with Gasteiger partial charge in [-0.1, -0.05) is 48.5 Å². The van der Waals surface area contributed by atoms with Crippen LogP contribution in [0.4, 0.5) is 0 Å². The smallest absolute Gasteiger partial charge is 0.0159 e. The fraction of sp³-hybridized carbons (Fsp3) is 1.00. The van der Waals surface area contributed by atoms with E-state index in [1.54, 1.807) is 0 Å². The summed E-state index contributed by atoms with van der Waals surface area (Å²) in [5, 5.41) is 0. The topological polar surface area (TPSA) is 9.72 Å². The van der Waals surface area contributed by atoms with E-state index in [2.05, 4.69) is 63.2 Å². The summed E-state index contributed by atoms with van der Waals surface area (Å²) in [6, 6.07) is 0.708. The Morgan fingerprint density at radius 1 is 0.793 bits per heavy atom. The minimum atomic E-state index is 0.316. The maximum absolute atomic E-state index is 2.77. The van der Waals surface area contributed by atoms with E-state index in [-0.39, 0.29) is 0 Å². The second-order valence-corrected chi connectivity index (χ2v) is 10.2. The number of hydrogen-bond donors (Lipinski definition) is 0. The highest BCUT2D eigenvalue weighted by Gasteiger charge is 2.40. The van der Waals surface area contributed by atoms with Gasteiger partial charge in [0.05, 0.1) is 0 Å². The van der Waals surface area contributed by atoms with Gasteiger partial charge >= 0.3 is 0 Å². The van der Waals surface area contributed by atoms with Crippen molar-refractivity contribution in [2.75, 3.05) is 45.8 Å². The Labute approximate surface area is 185 Å². The van der Waals surface area contributed by atoms with Crippen molar-refractivity contribution in [3.05, 3.63) is 0 Å². The van der Waals surface area contributed by atoms with Gasteiger partial charge in [-0.05, 0) is 84.3 Å². The summed E-state index contributed by atoms with van der Waals surface area (Å²) in [5.41, 5.74) is 0.754. The Morgan fingerprint density at radius 2 is 1.28 bits per heavy atom. The molecule has 3 nitrogen and oxygen atoms in total. The molecule has 2 aliphatic rings. The summed E-state index contributed by atoms with van der Waals surface area (Å²) < 4.78 is 0. The molecule has 2 aliphatic heterocycles. The van der Waals surface area contributed by atoms with Crippen LogP contribution in [-0.2, 0) is 0 Å². The molecule has 176 valence electrons. The van der Waals surface area contributed by atoms with Crippen LogP contribution in [0.2, 0.25) is 0 Å². The normalized spacial score (nSPS) is 20.7. The summed E-state index contributed by atoms with van der Waals surface area (Å²) in [5.74, 6) is 0.878. The van der Waals surface area contributed by atoms with Crippen molar-refractivity contribution >= 4 is 0 Å². The van der Waals surface area contributed by atoms with Gasteiger partial charge in [-0.2, -0.15) is 0 Å². The molecule has 0 aromatic rings. The van der Waals surface area contributed by atoms with Crippen LogP contribution in [0.25, 0.3) is 0 Å². The van der Waals surface area contributed by atoms with Crippen LogP contribution in [0.5, 0.6) is 0 Å². The van der Waals surface area contributed by atoms with Crippen molar-refractivity contribution in [1.29, 1.82) is 0 Å². The highest BCUT2D eigenvalue weighted by Crippen LogP contribution is 2.42. The van der Waals surface area contributed by atoms with Crippen LogP contribution in [0, 0.1) is 11.3 Å². The largest absolute Gasteiger partial charge is 0.301 e. The molecular formula is C26H57N3. The molecule has 2 saturated heterocycles. The maximum Gasteiger partial charge on any atom is 0.0159 e. The molecule has 2 fully saturated rings. The number of piperazine rings is 1. The lowest BCUT2D eigenvalue weighted by Crippen LogP contribution is -2.56. The van der Waals surface area contributed by atoms with Crippen LogP contribution >= 0.6 is 0 Å². The first-order valence-corrected chi connectivity index (χ1v) is 12.9. The Bertz CT molecular complexity index is 387. The van der Waals surface area contributed by atoms with Gasteiger partial charge in [-0.3, -0.25) is 4.90 Å². The molecular weight excluding hydrogens is 354 g/mol. The third-order valence-electron chi connectivity index (χ3n) is 7.02. The molecule has 0 aromatic heterocycles. The third kappa shape index (κ3) is 9.27. The standard InChI is InChI=1S/C22H45N3.2C2H6/c1-8-11-23-14-16-25(17-15-23)22(6,7)18-21(4,5)20-9-12-24(13-10-20)19(2)3;2*1-2/h19-20H,8-18H2,1-7H3;2*1-2H3. The lowest BCUT2D eigenvalue weighted by molar-refractivity contribution is -0.00203. The van der Waals surface area contributed by atoms with E-state index in [0.717, 1.165) is 5.92 Å². The molecule has 2 heterocycles. The Kier molecular flexibility index (Phi) is 14.0. The van der Waals surface area contributed by atoms with Gasteiger partial charge < -0.3 is 9.80 Å². The van der Waals surface area contributed by atoms with E-state index in [0.29, 0.717) is 17.0 Å². The third-order valence-corrected chi connectivity index (χ3v) is 7.02. The first kappa shape index (κ1) is 28.9. The molecule has 0 saturated carbocycles. The second kappa shape index (κ2) is 14.0. The van der Waals surface area contributed by atoms with Gasteiger partial charge in [0, 0.05) is 37.8 Å².